The van der Waals surface area contributed by atoms with Crippen molar-refractivity contribution in [3.05, 3.63) is 58.7 Å². The Bertz CT molecular complexity index is 963. The lowest BCUT2D eigenvalue weighted by Crippen LogP contribution is -2.35. The highest BCUT2D eigenvalue weighted by atomic mass is 16.4. The molecule has 0 heterocycles. The van der Waals surface area contributed by atoms with Gasteiger partial charge in [-0.15, -0.1) is 0 Å². The molecule has 4 heteroatoms. The minimum Gasteiger partial charge on any atom is -0.465 e. The molecule has 4 nitrogen and oxygen atoms in total. The highest BCUT2D eigenvalue weighted by molar-refractivity contribution is 5.98. The van der Waals surface area contributed by atoms with Crippen LogP contribution in [0.15, 0.2) is 58.7 Å². The van der Waals surface area contributed by atoms with Gasteiger partial charge >= 0.3 is 6.09 Å². The predicted molar refractivity (Wildman–Crippen MR) is 185 cm³/mol. The van der Waals surface area contributed by atoms with Gasteiger partial charge in [-0.3, -0.25) is 4.79 Å². The zero-order valence-electron chi connectivity index (χ0n) is 28.8. The SMILES string of the molecule is CCCCCCCCCCCCCCCCCCN(C(=O)O)C(=O)C=C(C)C=CC=C(C)C=CC1=C(C)CCCC1(C)C. The van der Waals surface area contributed by atoms with E-state index in [0.717, 1.165) is 35.3 Å². The molecular weight excluding hydrogens is 530 g/mol. The van der Waals surface area contributed by atoms with E-state index in [0.29, 0.717) is 0 Å². The Labute approximate surface area is 265 Å². The van der Waals surface area contributed by atoms with Crippen molar-refractivity contribution in [1.82, 2.24) is 4.90 Å². The minimum atomic E-state index is -1.17. The van der Waals surface area contributed by atoms with E-state index in [4.69, 9.17) is 0 Å². The first kappa shape index (κ1) is 38.7. The zero-order valence-corrected chi connectivity index (χ0v) is 28.8. The molecule has 1 rings (SSSR count). The van der Waals surface area contributed by atoms with Gasteiger partial charge in [-0.25, -0.2) is 9.69 Å². The molecule has 0 saturated heterocycles. The van der Waals surface area contributed by atoms with Gasteiger partial charge in [0.25, 0.3) is 5.91 Å². The smallest absolute Gasteiger partial charge is 0.414 e. The molecule has 0 bridgehead atoms. The van der Waals surface area contributed by atoms with Crippen molar-refractivity contribution < 1.29 is 14.7 Å². The van der Waals surface area contributed by atoms with Crippen molar-refractivity contribution in [1.29, 1.82) is 0 Å². The van der Waals surface area contributed by atoms with E-state index in [-0.39, 0.29) is 12.0 Å². The van der Waals surface area contributed by atoms with Gasteiger partial charge in [-0.1, -0.05) is 159 Å². The number of rotatable bonds is 22. The summed E-state index contributed by atoms with van der Waals surface area (Å²) in [5.41, 5.74) is 5.01. The summed E-state index contributed by atoms with van der Waals surface area (Å²) in [6.45, 7) is 13.3. The maximum Gasteiger partial charge on any atom is 0.414 e. The third kappa shape index (κ3) is 18.1. The third-order valence-corrected chi connectivity index (χ3v) is 8.86. The summed E-state index contributed by atoms with van der Waals surface area (Å²) in [5, 5.41) is 9.59. The quantitative estimate of drug-likeness (QED) is 0.0769. The van der Waals surface area contributed by atoms with Gasteiger partial charge in [0.2, 0.25) is 0 Å². The van der Waals surface area contributed by atoms with Crippen LogP contribution in [0.2, 0.25) is 0 Å². The number of amides is 2. The molecule has 0 aromatic heterocycles. The van der Waals surface area contributed by atoms with Crippen molar-refractivity contribution in [3.8, 4) is 0 Å². The summed E-state index contributed by atoms with van der Waals surface area (Å²) in [5.74, 6) is -0.460. The number of carbonyl (C=O) groups excluding carboxylic acids is 1. The second-order valence-electron chi connectivity index (χ2n) is 13.5. The molecule has 0 spiro atoms. The van der Waals surface area contributed by atoms with Gasteiger partial charge in [0.1, 0.15) is 0 Å². The van der Waals surface area contributed by atoms with Gasteiger partial charge in [-0.2, -0.15) is 0 Å². The van der Waals surface area contributed by atoms with Crippen molar-refractivity contribution in [2.75, 3.05) is 6.54 Å². The number of hydrogen-bond acceptors (Lipinski definition) is 2. The molecule has 0 unspecified atom stereocenters. The zero-order chi connectivity index (χ0) is 31.9. The number of nitrogens with zero attached hydrogens (tertiary/aromatic N) is 1. The van der Waals surface area contributed by atoms with Crippen LogP contribution in [0.5, 0.6) is 0 Å². The molecule has 2 amide bonds. The Morgan fingerprint density at radius 2 is 1.30 bits per heavy atom. The van der Waals surface area contributed by atoms with E-state index in [1.807, 2.05) is 25.2 Å². The van der Waals surface area contributed by atoms with Crippen molar-refractivity contribution in [3.63, 3.8) is 0 Å². The first-order chi connectivity index (χ1) is 20.6. The van der Waals surface area contributed by atoms with Gasteiger partial charge in [0.15, 0.2) is 0 Å². The van der Waals surface area contributed by atoms with Gasteiger partial charge in [0.05, 0.1) is 0 Å². The van der Waals surface area contributed by atoms with Crippen molar-refractivity contribution in [2.24, 2.45) is 5.41 Å². The van der Waals surface area contributed by atoms with Crippen LogP contribution in [0.1, 0.15) is 164 Å². The second-order valence-corrected chi connectivity index (χ2v) is 13.5. The molecule has 1 aliphatic carbocycles. The van der Waals surface area contributed by atoms with E-state index in [1.54, 1.807) is 0 Å². The fraction of sp³-hybridized carbons (Fsp3) is 0.692. The van der Waals surface area contributed by atoms with Crippen LogP contribution in [0.25, 0.3) is 0 Å². The maximum atomic E-state index is 12.7. The first-order valence-corrected chi connectivity index (χ1v) is 17.5. The first-order valence-electron chi connectivity index (χ1n) is 17.5. The molecule has 0 fully saturated rings. The molecular formula is C39H65NO3. The van der Waals surface area contributed by atoms with Crippen molar-refractivity contribution in [2.45, 2.75) is 164 Å². The fourth-order valence-corrected chi connectivity index (χ4v) is 6.07. The summed E-state index contributed by atoms with van der Waals surface area (Å²) < 4.78 is 0. The number of carboxylic acid groups (broad SMARTS) is 1. The Morgan fingerprint density at radius 1 is 0.791 bits per heavy atom. The van der Waals surface area contributed by atoms with E-state index < -0.39 is 12.0 Å². The van der Waals surface area contributed by atoms with Crippen molar-refractivity contribution >= 4 is 12.0 Å². The lowest BCUT2D eigenvalue weighted by molar-refractivity contribution is -0.124. The number of carbonyl (C=O) groups is 2. The number of allylic oxidation sites excluding steroid dienone is 9. The van der Waals surface area contributed by atoms with Crippen LogP contribution >= 0.6 is 0 Å². The molecule has 0 aliphatic heterocycles. The summed E-state index contributed by atoms with van der Waals surface area (Å²) in [6, 6.07) is 0. The average molecular weight is 596 g/mol. The molecule has 43 heavy (non-hydrogen) atoms. The average Bonchev–Trinajstić information content (AvgIpc) is 2.93. The fourth-order valence-electron chi connectivity index (χ4n) is 6.07. The van der Waals surface area contributed by atoms with E-state index >= 15 is 0 Å². The molecule has 1 N–H and O–H groups in total. The molecule has 0 radical (unpaired) electrons. The summed E-state index contributed by atoms with van der Waals surface area (Å²) in [7, 11) is 0. The highest BCUT2D eigenvalue weighted by Gasteiger charge is 2.26. The van der Waals surface area contributed by atoms with Crippen LogP contribution in [-0.4, -0.2) is 28.6 Å². The summed E-state index contributed by atoms with van der Waals surface area (Å²) in [4.78, 5) is 25.3. The molecule has 0 saturated carbocycles. The molecule has 0 aromatic carbocycles. The third-order valence-electron chi connectivity index (χ3n) is 8.86. The second kappa shape index (κ2) is 23.1. The topological polar surface area (TPSA) is 57.6 Å². The van der Waals surface area contributed by atoms with Crippen LogP contribution in [0, 0.1) is 5.41 Å². The summed E-state index contributed by atoms with van der Waals surface area (Å²) in [6.07, 6.45) is 34.5. The van der Waals surface area contributed by atoms with E-state index in [1.165, 1.54) is 120 Å². The largest absolute Gasteiger partial charge is 0.465 e. The van der Waals surface area contributed by atoms with E-state index in [2.05, 4.69) is 46.8 Å². The van der Waals surface area contributed by atoms with Crippen LogP contribution in [0.3, 0.4) is 0 Å². The predicted octanol–water partition coefficient (Wildman–Crippen LogP) is 12.3. The maximum absolute atomic E-state index is 12.7. The lowest BCUT2D eigenvalue weighted by atomic mass is 9.72. The van der Waals surface area contributed by atoms with Gasteiger partial charge < -0.3 is 5.11 Å². The van der Waals surface area contributed by atoms with Crippen LogP contribution < -0.4 is 0 Å². The highest BCUT2D eigenvalue weighted by Crippen LogP contribution is 2.40. The van der Waals surface area contributed by atoms with Gasteiger partial charge in [0, 0.05) is 12.6 Å². The van der Waals surface area contributed by atoms with Crippen LogP contribution in [0.4, 0.5) is 4.79 Å². The minimum absolute atomic E-state index is 0.219. The van der Waals surface area contributed by atoms with Crippen LogP contribution in [-0.2, 0) is 4.79 Å². The normalized spacial score (nSPS) is 16.0. The molecule has 244 valence electrons. The number of hydrogen-bond donors (Lipinski definition) is 1. The Hall–Kier alpha value is -2.36. The van der Waals surface area contributed by atoms with E-state index in [9.17, 15) is 14.7 Å². The Balaban J connectivity index is 2.30. The summed E-state index contributed by atoms with van der Waals surface area (Å²) >= 11 is 0. The lowest BCUT2D eigenvalue weighted by Gasteiger charge is -2.32. The Kier molecular flexibility index (Phi) is 20.8. The monoisotopic (exact) mass is 595 g/mol. The Morgan fingerprint density at radius 3 is 1.79 bits per heavy atom. The molecule has 0 aromatic rings. The molecule has 0 atom stereocenters. The number of unbranched alkanes of at least 4 members (excludes halogenated alkanes) is 15. The molecule has 1 aliphatic rings. The number of imide groups is 1. The standard InChI is InChI=1S/C39H65NO3/c1-7-8-9-10-11-12-13-14-15-16-17-18-19-20-21-22-31-40(38(42)43)37(41)32-34(3)26-23-25-33(2)28-29-36-35(4)27-24-30-39(36,5)6/h23,25-26,28-29,32H,7-22,24,27,30-31H2,1-6H3,(H,42,43). The van der Waals surface area contributed by atoms with Gasteiger partial charge in [-0.05, 0) is 63.0 Å².